The Morgan fingerprint density at radius 3 is 2.02 bits per heavy atom. The molecule has 0 aliphatic rings. The molecule has 0 aliphatic heterocycles. The number of rotatable bonds is 13. The Labute approximate surface area is 270 Å². The molecule has 47 heavy (non-hydrogen) atoms. The lowest BCUT2D eigenvalue weighted by Crippen LogP contribution is -2.62. The van der Waals surface area contributed by atoms with Crippen molar-refractivity contribution in [3.8, 4) is 0 Å². The van der Waals surface area contributed by atoms with Gasteiger partial charge in [-0.05, 0) is 66.1 Å². The molecule has 0 heterocycles. The number of anilines is 1. The molecule has 4 rings (SSSR count). The number of halogens is 2. The van der Waals surface area contributed by atoms with Crippen molar-refractivity contribution in [1.29, 1.82) is 0 Å². The van der Waals surface area contributed by atoms with E-state index in [0.29, 0.717) is 17.2 Å². The van der Waals surface area contributed by atoms with Gasteiger partial charge >= 0.3 is 6.09 Å². The average Bonchev–Trinajstić information content (AvgIpc) is 3.04. The fraction of sp³-hybridized carbons (Fsp3) is 0.229. The Kier molecular flexibility index (Phi) is 11.4. The Balaban J connectivity index is 1.70. The molecule has 0 aromatic heterocycles. The second kappa shape index (κ2) is 15.4. The van der Waals surface area contributed by atoms with Gasteiger partial charge in [0.05, 0.1) is 12.6 Å². The standard InChI is InChI=1S/C35H35F2N3O7/c1-22(41)26-15-27(17-30(16-26)38-32(43)25-11-7-4-8-12-25)33(44)39-35(47-2,19-24-13-28(36)18-29(37)14-24)31(42)21-40(34(45)46)20-23-9-5-3-6-10-23/h3-18,22,31,41-42H,19-21H2,1-2H3,(H,38,43)(H,39,44)(H,45,46)/t22?,31-,35+/m1/s1. The van der Waals surface area contributed by atoms with E-state index in [9.17, 15) is 38.5 Å². The molecule has 1 unspecified atom stereocenters. The second-order valence-corrected chi connectivity index (χ2v) is 11.0. The lowest BCUT2D eigenvalue weighted by atomic mass is 9.94. The molecule has 4 aromatic carbocycles. The van der Waals surface area contributed by atoms with Crippen molar-refractivity contribution in [1.82, 2.24) is 10.2 Å². The van der Waals surface area contributed by atoms with Crippen LogP contribution in [-0.2, 0) is 17.7 Å². The quantitative estimate of drug-likeness (QED) is 0.126. The van der Waals surface area contributed by atoms with Crippen LogP contribution < -0.4 is 10.6 Å². The predicted octanol–water partition coefficient (Wildman–Crippen LogP) is 5.13. The summed E-state index contributed by atoms with van der Waals surface area (Å²) in [5.41, 5.74) is -0.748. The summed E-state index contributed by atoms with van der Waals surface area (Å²) in [7, 11) is 1.15. The van der Waals surface area contributed by atoms with Crippen molar-refractivity contribution in [2.45, 2.75) is 37.8 Å². The van der Waals surface area contributed by atoms with Crippen LogP contribution >= 0.6 is 0 Å². The number of amides is 3. The normalized spacial score (nSPS) is 13.6. The average molecular weight is 648 g/mol. The van der Waals surface area contributed by atoms with Crippen LogP contribution in [0.3, 0.4) is 0 Å². The largest absolute Gasteiger partial charge is 0.465 e. The van der Waals surface area contributed by atoms with Gasteiger partial charge in [-0.25, -0.2) is 13.6 Å². The van der Waals surface area contributed by atoms with Gasteiger partial charge in [0.2, 0.25) is 0 Å². The van der Waals surface area contributed by atoms with E-state index in [0.717, 1.165) is 24.1 Å². The van der Waals surface area contributed by atoms with E-state index in [4.69, 9.17) is 4.74 Å². The molecule has 0 fully saturated rings. The molecule has 3 amide bonds. The van der Waals surface area contributed by atoms with E-state index in [1.54, 1.807) is 60.7 Å². The third-order valence-electron chi connectivity index (χ3n) is 7.49. The number of benzene rings is 4. The van der Waals surface area contributed by atoms with Gasteiger partial charge in [-0.2, -0.15) is 0 Å². The van der Waals surface area contributed by atoms with Gasteiger partial charge in [0.15, 0.2) is 5.72 Å². The first-order valence-corrected chi connectivity index (χ1v) is 14.6. The SMILES string of the molecule is CO[C@](Cc1cc(F)cc(F)c1)(NC(=O)c1cc(NC(=O)c2ccccc2)cc(C(C)O)c1)[C@H](O)CN(Cc1ccccc1)C(=O)O. The molecule has 0 spiro atoms. The van der Waals surface area contributed by atoms with Gasteiger partial charge in [-0.15, -0.1) is 0 Å². The summed E-state index contributed by atoms with van der Waals surface area (Å²) in [6.45, 7) is 0.785. The van der Waals surface area contributed by atoms with Gasteiger partial charge in [0.1, 0.15) is 17.7 Å². The maximum absolute atomic E-state index is 14.2. The van der Waals surface area contributed by atoms with Crippen molar-refractivity contribution in [3.05, 3.63) is 137 Å². The van der Waals surface area contributed by atoms with Gasteiger partial charge in [-0.1, -0.05) is 48.5 Å². The molecule has 10 nitrogen and oxygen atoms in total. The minimum atomic E-state index is -2.12. The molecule has 12 heteroatoms. The third kappa shape index (κ3) is 9.19. The van der Waals surface area contributed by atoms with E-state index >= 15 is 0 Å². The van der Waals surface area contributed by atoms with Crippen molar-refractivity contribution in [2.24, 2.45) is 0 Å². The molecule has 0 saturated heterocycles. The zero-order valence-corrected chi connectivity index (χ0v) is 25.7. The molecule has 0 aliphatic carbocycles. The number of ether oxygens (including phenoxy) is 1. The summed E-state index contributed by atoms with van der Waals surface area (Å²) in [5, 5.41) is 37.2. The second-order valence-electron chi connectivity index (χ2n) is 11.0. The van der Waals surface area contributed by atoms with Gasteiger partial charge < -0.3 is 35.6 Å². The summed E-state index contributed by atoms with van der Waals surface area (Å²) in [6.07, 6.45) is -4.66. The minimum Gasteiger partial charge on any atom is -0.465 e. The topological polar surface area (TPSA) is 148 Å². The first-order valence-electron chi connectivity index (χ1n) is 14.6. The van der Waals surface area contributed by atoms with Crippen molar-refractivity contribution in [2.75, 3.05) is 19.0 Å². The summed E-state index contributed by atoms with van der Waals surface area (Å²) >= 11 is 0. The molecule has 0 bridgehead atoms. The highest BCUT2D eigenvalue weighted by Crippen LogP contribution is 2.26. The van der Waals surface area contributed by atoms with Gasteiger partial charge in [-0.3, -0.25) is 9.59 Å². The molecule has 0 saturated carbocycles. The minimum absolute atomic E-state index is 0.00202. The number of carboxylic acid groups (broad SMARTS) is 1. The van der Waals surface area contributed by atoms with E-state index in [-0.39, 0.29) is 28.9 Å². The van der Waals surface area contributed by atoms with Crippen LogP contribution in [0.15, 0.2) is 97.1 Å². The zero-order valence-electron chi connectivity index (χ0n) is 25.7. The fourth-order valence-electron chi connectivity index (χ4n) is 5.04. The number of carbonyl (C=O) groups is 3. The van der Waals surface area contributed by atoms with Crippen molar-refractivity contribution >= 4 is 23.6 Å². The van der Waals surface area contributed by atoms with Crippen LogP contribution in [0.2, 0.25) is 0 Å². The molecule has 0 radical (unpaired) electrons. The number of nitrogens with one attached hydrogen (secondary N) is 2. The molecule has 4 aromatic rings. The van der Waals surface area contributed by atoms with Gasteiger partial charge in [0.25, 0.3) is 11.8 Å². The van der Waals surface area contributed by atoms with Crippen LogP contribution in [0, 0.1) is 11.6 Å². The lowest BCUT2D eigenvalue weighted by Gasteiger charge is -2.39. The first kappa shape index (κ1) is 34.7. The maximum Gasteiger partial charge on any atom is 0.407 e. The Morgan fingerprint density at radius 1 is 0.830 bits per heavy atom. The van der Waals surface area contributed by atoms with Crippen LogP contribution in [0.25, 0.3) is 0 Å². The first-order chi connectivity index (χ1) is 22.4. The third-order valence-corrected chi connectivity index (χ3v) is 7.49. The van der Waals surface area contributed by atoms with E-state index < -0.39 is 60.4 Å². The molecular weight excluding hydrogens is 612 g/mol. The summed E-state index contributed by atoms with van der Waals surface area (Å²) in [4.78, 5) is 39.8. The number of carbonyl (C=O) groups excluding carboxylic acids is 2. The highest BCUT2D eigenvalue weighted by Gasteiger charge is 2.42. The smallest absolute Gasteiger partial charge is 0.407 e. The van der Waals surface area contributed by atoms with Crippen LogP contribution in [0.5, 0.6) is 0 Å². The van der Waals surface area contributed by atoms with E-state index in [1.165, 1.54) is 25.1 Å². The highest BCUT2D eigenvalue weighted by atomic mass is 19.1. The van der Waals surface area contributed by atoms with Crippen molar-refractivity contribution < 1.29 is 43.2 Å². The summed E-state index contributed by atoms with van der Waals surface area (Å²) in [6, 6.07) is 23.8. The number of aliphatic hydroxyl groups excluding tert-OH is 2. The van der Waals surface area contributed by atoms with Crippen LogP contribution in [0.1, 0.15) is 50.4 Å². The lowest BCUT2D eigenvalue weighted by molar-refractivity contribution is -0.123. The molecule has 246 valence electrons. The Hall–Kier alpha value is -5.17. The number of hydrogen-bond donors (Lipinski definition) is 5. The Morgan fingerprint density at radius 2 is 1.45 bits per heavy atom. The summed E-state index contributed by atoms with van der Waals surface area (Å²) < 4.78 is 34.1. The predicted molar refractivity (Wildman–Crippen MR) is 170 cm³/mol. The number of methoxy groups -OCH3 is 1. The highest BCUT2D eigenvalue weighted by molar-refractivity contribution is 6.05. The maximum atomic E-state index is 14.2. The Bertz CT molecular complexity index is 1690. The number of aliphatic hydroxyl groups is 2. The summed E-state index contributed by atoms with van der Waals surface area (Å²) in [5.74, 6) is -3.15. The molecule has 5 N–H and O–H groups in total. The van der Waals surface area contributed by atoms with Crippen molar-refractivity contribution in [3.63, 3.8) is 0 Å². The number of nitrogens with zero attached hydrogens (tertiary/aromatic N) is 1. The zero-order chi connectivity index (χ0) is 34.1. The number of hydrogen-bond acceptors (Lipinski definition) is 6. The fourth-order valence-corrected chi connectivity index (χ4v) is 5.04. The van der Waals surface area contributed by atoms with Crippen LogP contribution in [0.4, 0.5) is 19.3 Å². The monoisotopic (exact) mass is 647 g/mol. The van der Waals surface area contributed by atoms with E-state index in [2.05, 4.69) is 10.6 Å². The molecular formula is C35H35F2N3O7. The van der Waals surface area contributed by atoms with Gasteiger partial charge in [0, 0.05) is 43.0 Å². The van der Waals surface area contributed by atoms with E-state index in [1.807, 2.05) is 0 Å². The molecule has 3 atom stereocenters. The van der Waals surface area contributed by atoms with Crippen LogP contribution in [-0.4, -0.2) is 63.6 Å².